The van der Waals surface area contributed by atoms with Gasteiger partial charge in [0.25, 0.3) is 0 Å². The molecule has 0 aliphatic heterocycles. The summed E-state index contributed by atoms with van der Waals surface area (Å²) in [4.78, 5) is 38.2. The van der Waals surface area contributed by atoms with Crippen molar-refractivity contribution in [2.24, 2.45) is 0 Å². The molecule has 0 radical (unpaired) electrons. The number of carbonyl (C=O) groups excluding carboxylic acids is 3. The Balaban J connectivity index is 4.39. The third kappa shape index (κ3) is 58.4. The zero-order chi connectivity index (χ0) is 53.6. The molecule has 0 aliphatic rings. The van der Waals surface area contributed by atoms with E-state index in [0.29, 0.717) is 19.3 Å². The van der Waals surface area contributed by atoms with Crippen molar-refractivity contribution in [1.29, 1.82) is 0 Å². The molecule has 0 fully saturated rings. The Bertz CT molecular complexity index is 1600. The summed E-state index contributed by atoms with van der Waals surface area (Å²) in [5.74, 6) is -0.965. The van der Waals surface area contributed by atoms with Crippen molar-refractivity contribution in [3.05, 3.63) is 134 Å². The Morgan fingerprint density at radius 2 is 0.527 bits per heavy atom. The second-order valence-electron chi connectivity index (χ2n) is 19.5. The van der Waals surface area contributed by atoms with E-state index in [0.717, 1.165) is 135 Å². The van der Waals surface area contributed by atoms with Crippen LogP contribution in [0.4, 0.5) is 0 Å². The average molecular weight is 1020 g/mol. The molecule has 0 N–H and O–H groups in total. The molecular weight excluding hydrogens is 913 g/mol. The Morgan fingerprint density at radius 1 is 0.284 bits per heavy atom. The van der Waals surface area contributed by atoms with Crippen LogP contribution in [0.1, 0.15) is 258 Å². The molecule has 0 aliphatic carbocycles. The van der Waals surface area contributed by atoms with Gasteiger partial charge < -0.3 is 14.2 Å². The molecule has 0 amide bonds. The fourth-order valence-electron chi connectivity index (χ4n) is 7.90. The molecule has 0 heterocycles. The largest absolute Gasteiger partial charge is 0.462 e. The molecule has 0 aromatic rings. The quantitative estimate of drug-likeness (QED) is 0.0261. The zero-order valence-corrected chi connectivity index (χ0v) is 47.8. The molecule has 0 spiro atoms. The van der Waals surface area contributed by atoms with Gasteiger partial charge >= 0.3 is 17.9 Å². The number of rotatable bonds is 53. The van der Waals surface area contributed by atoms with Crippen LogP contribution in [0.5, 0.6) is 0 Å². The molecule has 1 unspecified atom stereocenters. The molecule has 418 valence electrons. The Morgan fingerprint density at radius 3 is 0.865 bits per heavy atom. The Labute approximate surface area is 455 Å². The zero-order valence-electron chi connectivity index (χ0n) is 47.8. The predicted octanol–water partition coefficient (Wildman–Crippen LogP) is 20.6. The highest BCUT2D eigenvalue weighted by Gasteiger charge is 2.19. The Kier molecular flexibility index (Phi) is 57.4. The summed E-state index contributed by atoms with van der Waals surface area (Å²) < 4.78 is 16.8. The van der Waals surface area contributed by atoms with Gasteiger partial charge in [-0.25, -0.2) is 0 Å². The van der Waals surface area contributed by atoms with E-state index >= 15 is 0 Å². The molecule has 0 aromatic carbocycles. The van der Waals surface area contributed by atoms with Gasteiger partial charge in [-0.1, -0.05) is 238 Å². The minimum Gasteiger partial charge on any atom is -0.462 e. The molecule has 0 rings (SSSR count). The topological polar surface area (TPSA) is 78.9 Å². The van der Waals surface area contributed by atoms with Crippen molar-refractivity contribution in [3.63, 3.8) is 0 Å². The van der Waals surface area contributed by atoms with Gasteiger partial charge in [-0.3, -0.25) is 14.4 Å². The first-order valence-electron chi connectivity index (χ1n) is 30.2. The first-order chi connectivity index (χ1) is 36.5. The van der Waals surface area contributed by atoms with Gasteiger partial charge in [0.15, 0.2) is 6.10 Å². The lowest BCUT2D eigenvalue weighted by Gasteiger charge is -2.18. The van der Waals surface area contributed by atoms with Gasteiger partial charge in [0.2, 0.25) is 0 Å². The number of carbonyl (C=O) groups is 3. The van der Waals surface area contributed by atoms with Crippen molar-refractivity contribution in [1.82, 2.24) is 0 Å². The fourth-order valence-corrected chi connectivity index (χ4v) is 7.90. The maximum absolute atomic E-state index is 12.8. The van der Waals surface area contributed by atoms with E-state index in [1.165, 1.54) is 77.0 Å². The first-order valence-corrected chi connectivity index (χ1v) is 30.2. The third-order valence-electron chi connectivity index (χ3n) is 12.4. The SMILES string of the molecule is CC/C=C\C/C=C\C/C=C\C/C=C\C/C=C\C/C=C\CCCCCCCCCCC(=O)OCC(COC(=O)CCCCCCC/C=C\CCCCCCC)OC(=O)CCCC/C=C\C/C=C\C/C=C\C/C=C\CC. The number of esters is 3. The standard InChI is InChI=1S/C68H110O6/c1-4-7-10-13-16-19-22-25-28-29-30-31-32-33-34-35-36-37-38-39-41-43-46-49-52-55-58-61-67(70)73-64-65(63-72-66(69)60-57-54-51-48-45-42-27-24-21-18-15-12-9-6-3)74-68(71)62-59-56-53-50-47-44-40-26-23-20-17-14-11-8-5-2/h7-8,10-11,16-17,19-20,24-28,30-31,33-34,36-37,40,47,50,65H,4-6,9,12-15,18,21-23,29,32,35,38-39,41-46,48-49,51-64H2,1-3H3/b10-7-,11-8-,19-16-,20-17-,27-24-,28-25-,31-30-,34-33-,37-36-,40-26-,50-47-. The monoisotopic (exact) mass is 1020 g/mol. The molecule has 0 saturated carbocycles. The summed E-state index contributed by atoms with van der Waals surface area (Å²) in [6.45, 7) is 6.35. The lowest BCUT2D eigenvalue weighted by atomic mass is 10.1. The predicted molar refractivity (Wildman–Crippen MR) is 320 cm³/mol. The maximum atomic E-state index is 12.8. The molecule has 0 aromatic heterocycles. The molecule has 0 bridgehead atoms. The molecule has 74 heavy (non-hydrogen) atoms. The summed E-state index contributed by atoms with van der Waals surface area (Å²) in [5, 5.41) is 0. The molecule has 6 nitrogen and oxygen atoms in total. The van der Waals surface area contributed by atoms with Gasteiger partial charge in [0.1, 0.15) is 13.2 Å². The summed E-state index contributed by atoms with van der Waals surface area (Å²) >= 11 is 0. The van der Waals surface area contributed by atoms with E-state index in [4.69, 9.17) is 14.2 Å². The van der Waals surface area contributed by atoms with Crippen molar-refractivity contribution in [2.45, 2.75) is 264 Å². The summed E-state index contributed by atoms with van der Waals surface area (Å²) in [6.07, 6.45) is 85.9. The van der Waals surface area contributed by atoms with E-state index in [-0.39, 0.29) is 37.5 Å². The van der Waals surface area contributed by atoms with Crippen LogP contribution in [0.15, 0.2) is 134 Å². The second-order valence-corrected chi connectivity index (χ2v) is 19.5. The average Bonchev–Trinajstić information content (AvgIpc) is 3.40. The summed E-state index contributed by atoms with van der Waals surface area (Å²) in [6, 6.07) is 0. The van der Waals surface area contributed by atoms with Gasteiger partial charge in [-0.05, 0) is 135 Å². The molecule has 6 heteroatoms. The van der Waals surface area contributed by atoms with Gasteiger partial charge in [-0.15, -0.1) is 0 Å². The van der Waals surface area contributed by atoms with Crippen LogP contribution in [0, 0.1) is 0 Å². The lowest BCUT2D eigenvalue weighted by molar-refractivity contribution is -0.167. The van der Waals surface area contributed by atoms with Gasteiger partial charge in [-0.2, -0.15) is 0 Å². The summed E-state index contributed by atoms with van der Waals surface area (Å²) in [7, 11) is 0. The number of hydrogen-bond donors (Lipinski definition) is 0. The van der Waals surface area contributed by atoms with Crippen molar-refractivity contribution < 1.29 is 28.6 Å². The minimum atomic E-state index is -0.812. The molecule has 1 atom stereocenters. The van der Waals surface area contributed by atoms with Crippen LogP contribution in [0.2, 0.25) is 0 Å². The lowest BCUT2D eigenvalue weighted by Crippen LogP contribution is -2.30. The van der Waals surface area contributed by atoms with Crippen LogP contribution >= 0.6 is 0 Å². The summed E-state index contributed by atoms with van der Waals surface area (Å²) in [5.41, 5.74) is 0. The highest BCUT2D eigenvalue weighted by Crippen LogP contribution is 2.14. The van der Waals surface area contributed by atoms with Crippen molar-refractivity contribution >= 4 is 17.9 Å². The smallest absolute Gasteiger partial charge is 0.306 e. The van der Waals surface area contributed by atoms with E-state index < -0.39 is 6.10 Å². The first kappa shape index (κ1) is 69.5. The van der Waals surface area contributed by atoms with Crippen LogP contribution in [-0.2, 0) is 28.6 Å². The normalized spacial score (nSPS) is 13.1. The van der Waals surface area contributed by atoms with Crippen LogP contribution in [0.25, 0.3) is 0 Å². The fraction of sp³-hybridized carbons (Fsp3) is 0.632. The number of unbranched alkanes of at least 4 members (excludes halogenated alkanes) is 20. The highest BCUT2D eigenvalue weighted by atomic mass is 16.6. The van der Waals surface area contributed by atoms with Crippen LogP contribution in [-0.4, -0.2) is 37.2 Å². The maximum Gasteiger partial charge on any atom is 0.306 e. The van der Waals surface area contributed by atoms with Gasteiger partial charge in [0, 0.05) is 19.3 Å². The van der Waals surface area contributed by atoms with Gasteiger partial charge in [0.05, 0.1) is 0 Å². The Hall–Kier alpha value is -4.45. The number of ether oxygens (including phenoxy) is 3. The molecular formula is C68H110O6. The molecule has 0 saturated heterocycles. The van der Waals surface area contributed by atoms with E-state index in [9.17, 15) is 14.4 Å². The van der Waals surface area contributed by atoms with Crippen LogP contribution in [0.3, 0.4) is 0 Å². The van der Waals surface area contributed by atoms with E-state index in [1.807, 2.05) is 0 Å². The van der Waals surface area contributed by atoms with E-state index in [2.05, 4.69) is 154 Å². The highest BCUT2D eigenvalue weighted by molar-refractivity contribution is 5.71. The van der Waals surface area contributed by atoms with Crippen LogP contribution < -0.4 is 0 Å². The number of hydrogen-bond acceptors (Lipinski definition) is 6. The minimum absolute atomic E-state index is 0.105. The van der Waals surface area contributed by atoms with Crippen molar-refractivity contribution in [3.8, 4) is 0 Å². The van der Waals surface area contributed by atoms with E-state index in [1.54, 1.807) is 0 Å². The third-order valence-corrected chi connectivity index (χ3v) is 12.4. The number of allylic oxidation sites excluding steroid dienone is 22. The second kappa shape index (κ2) is 61.1. The van der Waals surface area contributed by atoms with Crippen molar-refractivity contribution in [2.75, 3.05) is 13.2 Å².